The van der Waals surface area contributed by atoms with Gasteiger partial charge in [-0.3, -0.25) is 33.4 Å². The van der Waals surface area contributed by atoms with E-state index in [2.05, 4.69) is 81.9 Å². The van der Waals surface area contributed by atoms with E-state index in [-0.39, 0.29) is 58.8 Å². The van der Waals surface area contributed by atoms with Crippen molar-refractivity contribution < 1.29 is 32.3 Å². The molecular formula is C74H73FN22O6. The second-order valence-corrected chi connectivity index (χ2v) is 27.9. The van der Waals surface area contributed by atoms with Gasteiger partial charge in [-0.1, -0.05) is 120 Å². The summed E-state index contributed by atoms with van der Waals surface area (Å²) in [6.45, 7) is 18.1. The lowest BCUT2D eigenvalue weighted by atomic mass is 9.93. The number of aryl methyl sites for hydroxylation is 3. The molecule has 13 heterocycles. The van der Waals surface area contributed by atoms with E-state index in [0.717, 1.165) is 72.9 Å². The van der Waals surface area contributed by atoms with Crippen LogP contribution >= 0.6 is 0 Å². The zero-order chi connectivity index (χ0) is 72.5. The summed E-state index contributed by atoms with van der Waals surface area (Å²) >= 11 is 0. The normalized spacial score (nSPS) is 11.8. The molecular weight excluding hydrogens is 1310 g/mol. The maximum atomic E-state index is 14.9. The van der Waals surface area contributed by atoms with Gasteiger partial charge in [-0.05, 0) is 47.0 Å². The Labute approximate surface area is 589 Å². The second kappa shape index (κ2) is 28.0. The zero-order valence-corrected chi connectivity index (χ0v) is 58.6. The molecule has 0 bridgehead atoms. The monoisotopic (exact) mass is 1380 g/mol. The Bertz CT molecular complexity index is 5340. The Hall–Kier alpha value is -13.0. The summed E-state index contributed by atoms with van der Waals surface area (Å²) in [5, 5.41) is 46.1. The number of hydrogen-bond donors (Lipinski definition) is 3. The van der Waals surface area contributed by atoms with Crippen molar-refractivity contribution in [2.24, 2.45) is 21.1 Å². The number of fused-ring (bicyclic) bond motifs is 3. The molecule has 15 aromatic rings. The minimum Gasteiger partial charge on any atom is -0.359 e. The van der Waals surface area contributed by atoms with Gasteiger partial charge in [0.1, 0.15) is 28.8 Å². The fourth-order valence-corrected chi connectivity index (χ4v) is 10.9. The number of imidazole rings is 3. The molecule has 2 aromatic carbocycles. The molecule has 0 unspecified atom stereocenters. The maximum Gasteiger partial charge on any atom is 0.230 e. The third-order valence-electron chi connectivity index (χ3n) is 16.5. The van der Waals surface area contributed by atoms with Crippen LogP contribution in [0, 0.1) is 5.82 Å². The molecule has 0 aliphatic carbocycles. The van der Waals surface area contributed by atoms with Gasteiger partial charge in [-0.2, -0.15) is 30.6 Å². The van der Waals surface area contributed by atoms with Crippen LogP contribution in [0.2, 0.25) is 0 Å². The van der Waals surface area contributed by atoms with Crippen molar-refractivity contribution in [3.8, 4) is 67.3 Å². The van der Waals surface area contributed by atoms with Crippen LogP contribution in [0.1, 0.15) is 96.3 Å². The molecule has 0 aliphatic heterocycles. The lowest BCUT2D eigenvalue weighted by Gasteiger charge is -2.12. The highest BCUT2D eigenvalue weighted by atomic mass is 19.1. The summed E-state index contributed by atoms with van der Waals surface area (Å²) in [5.74, 6) is 2.00. The maximum absolute atomic E-state index is 14.9. The van der Waals surface area contributed by atoms with Crippen molar-refractivity contribution in [3.63, 3.8) is 0 Å². The van der Waals surface area contributed by atoms with Crippen molar-refractivity contribution in [2.45, 2.75) is 97.8 Å². The average Bonchev–Trinajstić information content (AvgIpc) is 1.67. The number of pyridine rings is 1. The van der Waals surface area contributed by atoms with E-state index in [1.165, 1.54) is 6.07 Å². The average molecular weight is 1390 g/mol. The number of nitrogens with zero attached hydrogens (tertiary/aromatic N) is 19. The molecule has 0 saturated carbocycles. The van der Waals surface area contributed by atoms with Crippen molar-refractivity contribution in [1.82, 2.24) is 93.6 Å². The van der Waals surface area contributed by atoms with E-state index in [9.17, 15) is 18.8 Å². The predicted molar refractivity (Wildman–Crippen MR) is 382 cm³/mol. The Balaban J connectivity index is 0.000000138. The Morgan fingerprint density at radius 3 is 1.13 bits per heavy atom. The molecule has 0 spiro atoms. The van der Waals surface area contributed by atoms with Crippen LogP contribution in [-0.4, -0.2) is 111 Å². The van der Waals surface area contributed by atoms with Gasteiger partial charge in [0, 0.05) is 125 Å². The summed E-state index contributed by atoms with van der Waals surface area (Å²) in [5.41, 5.74) is 13.7. The Morgan fingerprint density at radius 2 is 0.748 bits per heavy atom. The molecule has 522 valence electrons. The highest BCUT2D eigenvalue weighted by molar-refractivity contribution is 5.93. The second-order valence-electron chi connectivity index (χ2n) is 27.9. The Kier molecular flexibility index (Phi) is 18.6. The summed E-state index contributed by atoms with van der Waals surface area (Å²) in [6.07, 6.45) is 23.6. The van der Waals surface area contributed by atoms with Gasteiger partial charge in [-0.15, -0.1) is 0 Å². The van der Waals surface area contributed by atoms with Crippen LogP contribution in [0.4, 0.5) is 21.8 Å². The van der Waals surface area contributed by atoms with E-state index in [1.54, 1.807) is 114 Å². The third kappa shape index (κ3) is 15.9. The van der Waals surface area contributed by atoms with Crippen LogP contribution in [0.15, 0.2) is 185 Å². The highest BCUT2D eigenvalue weighted by Crippen LogP contribution is 2.31. The van der Waals surface area contributed by atoms with E-state index in [4.69, 9.17) is 13.6 Å². The number of rotatable bonds is 15. The molecule has 13 aromatic heterocycles. The van der Waals surface area contributed by atoms with Gasteiger partial charge >= 0.3 is 0 Å². The van der Waals surface area contributed by atoms with Gasteiger partial charge in [0.2, 0.25) is 17.7 Å². The smallest absolute Gasteiger partial charge is 0.230 e. The van der Waals surface area contributed by atoms with Crippen molar-refractivity contribution in [1.29, 1.82) is 0 Å². The summed E-state index contributed by atoms with van der Waals surface area (Å²) in [6, 6.07) is 27.3. The van der Waals surface area contributed by atoms with Crippen molar-refractivity contribution in [3.05, 3.63) is 211 Å². The summed E-state index contributed by atoms with van der Waals surface area (Å²) in [7, 11) is 5.61. The third-order valence-corrected chi connectivity index (χ3v) is 16.5. The molecule has 0 saturated heterocycles. The molecule has 0 aliphatic rings. The molecule has 29 heteroatoms. The number of hydrogen-bond acceptors (Lipinski definition) is 19. The van der Waals surface area contributed by atoms with Gasteiger partial charge in [-0.25, -0.2) is 32.9 Å². The number of benzene rings is 2. The van der Waals surface area contributed by atoms with Crippen LogP contribution in [0.5, 0.6) is 0 Å². The van der Waals surface area contributed by atoms with E-state index >= 15 is 0 Å². The van der Waals surface area contributed by atoms with Crippen molar-refractivity contribution in [2.75, 3.05) is 16.0 Å². The topological polar surface area (TPSA) is 322 Å². The molecule has 0 radical (unpaired) electrons. The molecule has 0 fully saturated rings. The van der Waals surface area contributed by atoms with Crippen LogP contribution in [0.25, 0.3) is 84.2 Å². The fourth-order valence-electron chi connectivity index (χ4n) is 10.9. The van der Waals surface area contributed by atoms with E-state index in [1.807, 2.05) is 163 Å². The zero-order valence-electron chi connectivity index (χ0n) is 58.6. The highest BCUT2D eigenvalue weighted by Gasteiger charge is 2.25. The van der Waals surface area contributed by atoms with Gasteiger partial charge in [0.05, 0.1) is 92.1 Å². The number of carbonyl (C=O) groups is 3. The van der Waals surface area contributed by atoms with Gasteiger partial charge in [0.25, 0.3) is 0 Å². The number of carbonyl (C=O) groups excluding carboxylic acids is 3. The summed E-state index contributed by atoms with van der Waals surface area (Å²) in [4.78, 5) is 55.3. The first kappa shape index (κ1) is 68.6. The number of nitrogens with one attached hydrogen (secondary N) is 3. The first-order chi connectivity index (χ1) is 49.2. The van der Waals surface area contributed by atoms with Crippen LogP contribution in [-0.2, 0) is 71.0 Å². The minimum absolute atomic E-state index is 0.135. The van der Waals surface area contributed by atoms with Crippen molar-refractivity contribution >= 4 is 52.1 Å². The number of aromatic nitrogens is 19. The van der Waals surface area contributed by atoms with Gasteiger partial charge in [0.15, 0.2) is 34.4 Å². The molecule has 0 atom stereocenters. The number of amides is 3. The van der Waals surface area contributed by atoms with E-state index in [0.29, 0.717) is 57.2 Å². The molecule has 15 rings (SSSR count). The lowest BCUT2D eigenvalue weighted by Crippen LogP contribution is -2.15. The molecule has 3 N–H and O–H groups in total. The Morgan fingerprint density at radius 1 is 0.379 bits per heavy atom. The molecule has 103 heavy (non-hydrogen) atoms. The minimum atomic E-state index is -0.491. The van der Waals surface area contributed by atoms with E-state index < -0.39 is 5.82 Å². The fraction of sp³-hybridized carbons (Fsp3) is 0.243. The number of anilines is 3. The number of halogens is 1. The first-order valence-corrected chi connectivity index (χ1v) is 32.8. The van der Waals surface area contributed by atoms with Crippen LogP contribution < -0.4 is 16.0 Å². The quantitative estimate of drug-likeness (QED) is 0.0858. The largest absolute Gasteiger partial charge is 0.359 e. The first-order valence-electron chi connectivity index (χ1n) is 32.8. The van der Waals surface area contributed by atoms with Crippen LogP contribution in [0.3, 0.4) is 0 Å². The predicted octanol–water partition coefficient (Wildman–Crippen LogP) is 12.3. The summed E-state index contributed by atoms with van der Waals surface area (Å²) < 4.78 is 41.2. The standard InChI is InChI=1S/C25H24FN7O2.C25H25N7O2.C24H24N8O2/c1-25(2,3)21-10-22(31-35-21)30-24(34)9-15-5-6-16(7-19(15)26)20-13-27-23-8-17(11-29-33(20)23)18-12-28-32(4)14-18;1-25(2,3)21-11-22(30-34-21)29-24(33)9-16-5-7-17(8-6-16)20-14-26-23-10-18(12-28-32(20)23)19-13-27-31(4)15-19;1-24(2,3)20-9-21(30-34-20)29-23(33)7-15-5-6-18(25-10-15)19-13-26-22-8-16(11-28-32(19)22)17-12-27-31(4)14-17/h5-8,10-14H,9H2,1-4H3,(H,30,31,34);5-8,10-15H,9H2,1-4H3,(H,29,30,33);5-6,8-14H,7H2,1-4H3,(H,29,30,33). The van der Waals surface area contributed by atoms with Gasteiger partial charge < -0.3 is 29.5 Å². The SMILES string of the molecule is Cn1cc(-c2cnn3c(-c4ccc(CC(=O)Nc5cc(C(C)(C)C)on5)c(F)c4)cnc3c2)cn1.Cn1cc(-c2cnn3c(-c4ccc(CC(=O)Nc5cc(C(C)(C)C)on5)cc4)cnc3c2)cn1.Cn1cc(-c2cnn3c(-c4ccc(CC(=O)Nc5cc(C(C)(C)C)on5)cn4)cnc3c2)cn1. The lowest BCUT2D eigenvalue weighted by molar-refractivity contribution is -0.116. The molecule has 3 amide bonds. The molecule has 28 nitrogen and oxygen atoms in total.